The molecule has 1 aromatic rings. The lowest BCUT2D eigenvalue weighted by Gasteiger charge is -2.23. The van der Waals surface area contributed by atoms with Gasteiger partial charge in [-0.2, -0.15) is 0 Å². The van der Waals surface area contributed by atoms with Gasteiger partial charge >= 0.3 is 0 Å². The number of nitrogens with zero attached hydrogens (tertiary/aromatic N) is 2. The summed E-state index contributed by atoms with van der Waals surface area (Å²) in [6.07, 6.45) is 5.64. The topological polar surface area (TPSA) is 43.8 Å². The van der Waals surface area contributed by atoms with Crippen LogP contribution >= 0.6 is 0 Å². The zero-order valence-corrected chi connectivity index (χ0v) is 9.54. The first-order chi connectivity index (χ1) is 7.18. The fourth-order valence-corrected chi connectivity index (χ4v) is 1.82. The van der Waals surface area contributed by atoms with Crippen LogP contribution in [0.5, 0.6) is 0 Å². The number of alkyl halides is 1. The molecule has 4 heteroatoms. The maximum Gasteiger partial charge on any atom is 0.180 e. The van der Waals surface area contributed by atoms with Gasteiger partial charge in [-0.15, -0.1) is 0 Å². The molecule has 0 aromatic carbocycles. The van der Waals surface area contributed by atoms with E-state index in [9.17, 15) is 4.39 Å². The number of hydrogen-bond acceptors (Lipinski definition) is 2. The molecule has 15 heavy (non-hydrogen) atoms. The van der Waals surface area contributed by atoms with Crippen molar-refractivity contribution in [2.45, 2.75) is 45.3 Å². The maximum atomic E-state index is 14.5. The van der Waals surface area contributed by atoms with E-state index in [0.717, 1.165) is 19.4 Å². The summed E-state index contributed by atoms with van der Waals surface area (Å²) in [6, 6.07) is 0. The highest BCUT2D eigenvalue weighted by molar-refractivity contribution is 5.06. The third-order valence-electron chi connectivity index (χ3n) is 2.55. The largest absolute Gasteiger partial charge is 0.332 e. The predicted octanol–water partition coefficient (Wildman–Crippen LogP) is 2.22. The Kier molecular flexibility index (Phi) is 4.27. The number of aryl methyl sites for hydroxylation is 1. The molecular weight excluding hydrogens is 193 g/mol. The summed E-state index contributed by atoms with van der Waals surface area (Å²) < 4.78 is 16.3. The van der Waals surface area contributed by atoms with Crippen molar-refractivity contribution in [1.29, 1.82) is 0 Å². The summed E-state index contributed by atoms with van der Waals surface area (Å²) in [6.45, 7) is 4.81. The summed E-state index contributed by atoms with van der Waals surface area (Å²) in [5, 5.41) is 0. The molecule has 0 saturated heterocycles. The second-order valence-corrected chi connectivity index (χ2v) is 3.86. The average molecular weight is 213 g/mol. The molecule has 0 amide bonds. The Morgan fingerprint density at radius 1 is 1.47 bits per heavy atom. The van der Waals surface area contributed by atoms with Crippen LogP contribution in [0.15, 0.2) is 12.4 Å². The van der Waals surface area contributed by atoms with E-state index in [4.69, 9.17) is 5.73 Å². The minimum absolute atomic E-state index is 0.00156. The van der Waals surface area contributed by atoms with Crippen molar-refractivity contribution in [3.05, 3.63) is 18.2 Å². The van der Waals surface area contributed by atoms with Crippen molar-refractivity contribution in [2.75, 3.05) is 6.54 Å². The zero-order valence-electron chi connectivity index (χ0n) is 9.54. The molecule has 1 atom stereocenters. The van der Waals surface area contributed by atoms with E-state index >= 15 is 0 Å². The monoisotopic (exact) mass is 213 g/mol. The molecule has 1 unspecified atom stereocenters. The van der Waals surface area contributed by atoms with Gasteiger partial charge in [-0.1, -0.05) is 20.3 Å². The Labute approximate surface area is 90.5 Å². The lowest BCUT2D eigenvalue weighted by Crippen LogP contribution is -2.33. The first-order valence-corrected chi connectivity index (χ1v) is 5.58. The summed E-state index contributed by atoms with van der Waals surface area (Å²) >= 11 is 0. The highest BCUT2D eigenvalue weighted by Gasteiger charge is 2.33. The van der Waals surface area contributed by atoms with Crippen molar-refractivity contribution >= 4 is 0 Å². The second-order valence-electron chi connectivity index (χ2n) is 3.86. The average Bonchev–Trinajstić information content (AvgIpc) is 2.67. The fraction of sp³-hybridized carbons (Fsp3) is 0.727. The van der Waals surface area contributed by atoms with E-state index in [1.54, 1.807) is 6.20 Å². The first-order valence-electron chi connectivity index (χ1n) is 5.58. The first kappa shape index (κ1) is 12.2. The lowest BCUT2D eigenvalue weighted by molar-refractivity contribution is 0.141. The molecule has 1 rings (SSSR count). The summed E-state index contributed by atoms with van der Waals surface area (Å²) in [7, 11) is 0. The van der Waals surface area contributed by atoms with Crippen LogP contribution in [0.4, 0.5) is 4.39 Å². The summed E-state index contributed by atoms with van der Waals surface area (Å²) in [4.78, 5) is 4.10. The lowest BCUT2D eigenvalue weighted by atomic mass is 9.99. The van der Waals surface area contributed by atoms with Gasteiger partial charge in [-0.3, -0.25) is 0 Å². The van der Waals surface area contributed by atoms with Gasteiger partial charge in [-0.25, -0.2) is 9.37 Å². The second kappa shape index (κ2) is 5.26. The number of nitrogens with two attached hydrogens (primary N) is 1. The maximum absolute atomic E-state index is 14.5. The van der Waals surface area contributed by atoms with Crippen molar-refractivity contribution in [3.8, 4) is 0 Å². The van der Waals surface area contributed by atoms with E-state index in [2.05, 4.69) is 11.9 Å². The normalized spacial score (nSPS) is 15.2. The SMILES string of the molecule is CCCn1ccnc1C(F)(CN)CCC. The van der Waals surface area contributed by atoms with Gasteiger partial charge in [-0.05, 0) is 12.8 Å². The Morgan fingerprint density at radius 2 is 2.20 bits per heavy atom. The number of halogens is 1. The molecular formula is C11H20FN3. The van der Waals surface area contributed by atoms with E-state index in [1.165, 1.54) is 0 Å². The van der Waals surface area contributed by atoms with Gasteiger partial charge in [0.2, 0.25) is 0 Å². The van der Waals surface area contributed by atoms with Gasteiger partial charge in [0.25, 0.3) is 0 Å². The minimum atomic E-state index is -1.46. The molecule has 1 heterocycles. The Morgan fingerprint density at radius 3 is 2.73 bits per heavy atom. The fourth-order valence-electron chi connectivity index (χ4n) is 1.82. The van der Waals surface area contributed by atoms with Gasteiger partial charge in [0.15, 0.2) is 5.67 Å². The summed E-state index contributed by atoms with van der Waals surface area (Å²) in [5.74, 6) is 0.480. The Bertz CT molecular complexity index is 298. The van der Waals surface area contributed by atoms with Crippen LogP contribution in [0.3, 0.4) is 0 Å². The molecule has 0 fully saturated rings. The number of hydrogen-bond donors (Lipinski definition) is 1. The third kappa shape index (κ3) is 2.56. The number of aromatic nitrogens is 2. The molecule has 3 nitrogen and oxygen atoms in total. The quantitative estimate of drug-likeness (QED) is 0.787. The third-order valence-corrected chi connectivity index (χ3v) is 2.55. The van der Waals surface area contributed by atoms with Crippen molar-refractivity contribution in [3.63, 3.8) is 0 Å². The van der Waals surface area contributed by atoms with Crippen molar-refractivity contribution in [2.24, 2.45) is 5.73 Å². The molecule has 0 saturated carbocycles. The van der Waals surface area contributed by atoms with Crippen molar-refractivity contribution in [1.82, 2.24) is 9.55 Å². The highest BCUT2D eigenvalue weighted by Crippen LogP contribution is 2.28. The number of rotatable bonds is 6. The molecule has 1 aromatic heterocycles. The minimum Gasteiger partial charge on any atom is -0.332 e. The van der Waals surface area contributed by atoms with E-state index in [-0.39, 0.29) is 6.54 Å². The van der Waals surface area contributed by atoms with Gasteiger partial charge in [0.1, 0.15) is 5.82 Å². The standard InChI is InChI=1S/C11H20FN3/c1-3-5-11(12,9-13)10-14-6-8-15(10)7-4-2/h6,8H,3-5,7,9,13H2,1-2H3. The van der Waals surface area contributed by atoms with Gasteiger partial charge < -0.3 is 10.3 Å². The van der Waals surface area contributed by atoms with Crippen LogP contribution in [-0.2, 0) is 12.2 Å². The van der Waals surface area contributed by atoms with Crippen LogP contribution in [-0.4, -0.2) is 16.1 Å². The van der Waals surface area contributed by atoms with Crippen molar-refractivity contribution < 1.29 is 4.39 Å². The van der Waals surface area contributed by atoms with Gasteiger partial charge in [0.05, 0.1) is 0 Å². The Hall–Kier alpha value is -0.900. The van der Waals surface area contributed by atoms with Crippen LogP contribution in [0.1, 0.15) is 38.9 Å². The van der Waals surface area contributed by atoms with Gasteiger partial charge in [0, 0.05) is 25.5 Å². The molecule has 0 bridgehead atoms. The highest BCUT2D eigenvalue weighted by atomic mass is 19.1. The van der Waals surface area contributed by atoms with E-state index in [0.29, 0.717) is 12.2 Å². The molecule has 86 valence electrons. The summed E-state index contributed by atoms with van der Waals surface area (Å²) in [5.41, 5.74) is 4.06. The van der Waals surface area contributed by atoms with E-state index < -0.39 is 5.67 Å². The van der Waals surface area contributed by atoms with Crippen LogP contribution in [0, 0.1) is 0 Å². The predicted molar refractivity (Wildman–Crippen MR) is 59.3 cm³/mol. The van der Waals surface area contributed by atoms with Crippen LogP contribution in [0.25, 0.3) is 0 Å². The van der Waals surface area contributed by atoms with Crippen LogP contribution < -0.4 is 5.73 Å². The molecule has 0 spiro atoms. The molecule has 2 N–H and O–H groups in total. The molecule has 0 radical (unpaired) electrons. The molecule has 0 aliphatic rings. The zero-order chi connectivity index (χ0) is 11.3. The molecule has 0 aliphatic heterocycles. The molecule has 0 aliphatic carbocycles. The van der Waals surface area contributed by atoms with Crippen LogP contribution in [0.2, 0.25) is 0 Å². The Balaban J connectivity index is 2.95. The number of imidazole rings is 1. The van der Waals surface area contributed by atoms with E-state index in [1.807, 2.05) is 17.7 Å². The smallest absolute Gasteiger partial charge is 0.180 e.